The first kappa shape index (κ1) is 16.8. The molecule has 0 unspecified atom stereocenters. The topological polar surface area (TPSA) is 17.0 Å². The molecular weight excluding hydrogens is 292 g/mol. The molecule has 2 nitrogen and oxygen atoms in total. The number of aromatic nitrogens is 1. The zero-order valence-electron chi connectivity index (χ0n) is 15.5. The van der Waals surface area contributed by atoms with E-state index < -0.39 is 0 Å². The van der Waals surface area contributed by atoms with Gasteiger partial charge in [0.05, 0.1) is 0 Å². The molecule has 0 atom stereocenters. The normalized spacial score (nSPS) is 12.0. The Morgan fingerprint density at radius 2 is 1.62 bits per heavy atom. The van der Waals surface area contributed by atoms with E-state index in [4.69, 9.17) is 0 Å². The van der Waals surface area contributed by atoms with Crippen molar-refractivity contribution in [2.75, 3.05) is 0 Å². The number of nitrogens with zero attached hydrogens (tertiary/aromatic N) is 1. The molecule has 3 aromatic rings. The number of rotatable bonds is 4. The van der Waals surface area contributed by atoms with Gasteiger partial charge < -0.3 is 9.88 Å². The van der Waals surface area contributed by atoms with Gasteiger partial charge in [0.2, 0.25) is 0 Å². The molecule has 2 heteroatoms. The number of hydrogen-bond acceptors (Lipinski definition) is 1. The molecule has 0 bridgehead atoms. The molecule has 0 aliphatic rings. The van der Waals surface area contributed by atoms with Crippen LogP contribution in [0.15, 0.2) is 48.5 Å². The lowest BCUT2D eigenvalue weighted by Gasteiger charge is -2.20. The highest BCUT2D eigenvalue weighted by Crippen LogP contribution is 2.27. The van der Waals surface area contributed by atoms with Crippen LogP contribution in [0.3, 0.4) is 0 Å². The van der Waals surface area contributed by atoms with E-state index in [0.717, 1.165) is 13.1 Å². The van der Waals surface area contributed by atoms with Gasteiger partial charge in [0.15, 0.2) is 0 Å². The van der Waals surface area contributed by atoms with Crippen molar-refractivity contribution in [3.05, 3.63) is 70.9 Å². The summed E-state index contributed by atoms with van der Waals surface area (Å²) in [6.07, 6.45) is 0. The van der Waals surface area contributed by atoms with Crippen LogP contribution < -0.4 is 5.32 Å². The smallest absolute Gasteiger partial charge is 0.0488 e. The van der Waals surface area contributed by atoms with E-state index in [0.29, 0.717) is 0 Å². The van der Waals surface area contributed by atoms with Crippen molar-refractivity contribution >= 4 is 10.9 Å². The van der Waals surface area contributed by atoms with Crippen molar-refractivity contribution in [1.82, 2.24) is 9.88 Å². The molecule has 2 aromatic carbocycles. The third-order valence-electron chi connectivity index (χ3n) is 4.71. The van der Waals surface area contributed by atoms with E-state index >= 15 is 0 Å². The van der Waals surface area contributed by atoms with E-state index in [2.05, 4.69) is 93.0 Å². The highest BCUT2D eigenvalue weighted by molar-refractivity contribution is 5.86. The van der Waals surface area contributed by atoms with Gasteiger partial charge >= 0.3 is 0 Å². The van der Waals surface area contributed by atoms with Crippen LogP contribution in [-0.2, 0) is 13.1 Å². The monoisotopic (exact) mass is 320 g/mol. The van der Waals surface area contributed by atoms with Gasteiger partial charge in [-0.1, -0.05) is 36.4 Å². The van der Waals surface area contributed by atoms with Crippen LogP contribution in [0.4, 0.5) is 0 Å². The molecule has 1 aromatic heterocycles. The van der Waals surface area contributed by atoms with E-state index in [9.17, 15) is 0 Å². The number of benzene rings is 2. The fraction of sp³-hybridized carbons (Fsp3) is 0.364. The molecule has 0 radical (unpaired) electrons. The predicted octanol–water partition coefficient (Wildman–Crippen LogP) is 5.19. The molecule has 1 N–H and O–H groups in total. The number of hydrogen-bond donors (Lipinski definition) is 1. The molecule has 24 heavy (non-hydrogen) atoms. The van der Waals surface area contributed by atoms with Crippen molar-refractivity contribution in [3.63, 3.8) is 0 Å². The van der Waals surface area contributed by atoms with Crippen molar-refractivity contribution in [1.29, 1.82) is 0 Å². The third kappa shape index (κ3) is 3.54. The molecule has 0 saturated carbocycles. The molecule has 0 amide bonds. The summed E-state index contributed by atoms with van der Waals surface area (Å²) < 4.78 is 2.43. The van der Waals surface area contributed by atoms with Crippen molar-refractivity contribution in [3.8, 4) is 0 Å². The maximum absolute atomic E-state index is 3.58. The van der Waals surface area contributed by atoms with Crippen LogP contribution in [-0.4, -0.2) is 10.1 Å². The Balaban J connectivity index is 1.95. The molecule has 0 aliphatic heterocycles. The van der Waals surface area contributed by atoms with Crippen LogP contribution in [0.5, 0.6) is 0 Å². The molecule has 1 heterocycles. The summed E-state index contributed by atoms with van der Waals surface area (Å²) in [5.41, 5.74) is 6.90. The van der Waals surface area contributed by atoms with Crippen LogP contribution in [0.25, 0.3) is 10.9 Å². The van der Waals surface area contributed by atoms with Gasteiger partial charge in [0.1, 0.15) is 0 Å². The number of fused-ring (bicyclic) bond motifs is 1. The van der Waals surface area contributed by atoms with Gasteiger partial charge in [0, 0.05) is 35.2 Å². The first-order chi connectivity index (χ1) is 11.3. The minimum Gasteiger partial charge on any atom is -0.340 e. The minimum absolute atomic E-state index is 0.138. The van der Waals surface area contributed by atoms with Crippen LogP contribution >= 0.6 is 0 Å². The zero-order chi connectivity index (χ0) is 17.3. The second-order valence-corrected chi connectivity index (χ2v) is 7.74. The standard InChI is InChI=1S/C22H28N2/c1-16-17(2)24(15-18-9-7-6-8-10-18)21-12-11-19(13-20(16)21)14-23-22(3,4)5/h6-13,23H,14-15H2,1-5H3. The number of aryl methyl sites for hydroxylation is 1. The Bertz CT molecular complexity index is 836. The summed E-state index contributed by atoms with van der Waals surface area (Å²) in [5.74, 6) is 0. The lowest BCUT2D eigenvalue weighted by molar-refractivity contribution is 0.424. The molecule has 3 rings (SSSR count). The van der Waals surface area contributed by atoms with Gasteiger partial charge in [-0.15, -0.1) is 0 Å². The molecule has 0 fully saturated rings. The first-order valence-corrected chi connectivity index (χ1v) is 8.72. The maximum atomic E-state index is 3.58. The van der Waals surface area contributed by atoms with E-state index in [1.807, 2.05) is 0 Å². The van der Waals surface area contributed by atoms with Gasteiger partial charge in [-0.05, 0) is 63.4 Å². The predicted molar refractivity (Wildman–Crippen MR) is 104 cm³/mol. The van der Waals surface area contributed by atoms with Gasteiger partial charge in [-0.3, -0.25) is 0 Å². The lowest BCUT2D eigenvalue weighted by atomic mass is 10.1. The molecular formula is C22H28N2. The quantitative estimate of drug-likeness (QED) is 0.699. The van der Waals surface area contributed by atoms with Crippen LogP contribution in [0.1, 0.15) is 43.2 Å². The van der Waals surface area contributed by atoms with Crippen LogP contribution in [0.2, 0.25) is 0 Å². The maximum Gasteiger partial charge on any atom is 0.0488 e. The highest BCUT2D eigenvalue weighted by Gasteiger charge is 2.13. The Kier molecular flexibility index (Phi) is 4.51. The lowest BCUT2D eigenvalue weighted by Crippen LogP contribution is -2.35. The Hall–Kier alpha value is -2.06. The van der Waals surface area contributed by atoms with E-state index in [1.54, 1.807) is 0 Å². The van der Waals surface area contributed by atoms with Crippen LogP contribution in [0, 0.1) is 13.8 Å². The summed E-state index contributed by atoms with van der Waals surface area (Å²) in [5, 5.41) is 4.95. The van der Waals surface area contributed by atoms with E-state index in [1.165, 1.54) is 33.3 Å². The molecule has 0 aliphatic carbocycles. The van der Waals surface area contributed by atoms with Crippen molar-refractivity contribution in [2.24, 2.45) is 0 Å². The second-order valence-electron chi connectivity index (χ2n) is 7.74. The minimum atomic E-state index is 0.138. The summed E-state index contributed by atoms with van der Waals surface area (Å²) in [7, 11) is 0. The third-order valence-corrected chi connectivity index (χ3v) is 4.71. The van der Waals surface area contributed by atoms with Gasteiger partial charge in [-0.2, -0.15) is 0 Å². The fourth-order valence-electron chi connectivity index (χ4n) is 3.14. The SMILES string of the molecule is Cc1c(C)n(Cc2ccccc2)c2ccc(CNC(C)(C)C)cc12. The summed E-state index contributed by atoms with van der Waals surface area (Å²) in [6.45, 7) is 12.9. The zero-order valence-corrected chi connectivity index (χ0v) is 15.5. The Labute approximate surface area is 145 Å². The number of nitrogens with one attached hydrogen (secondary N) is 1. The summed E-state index contributed by atoms with van der Waals surface area (Å²) in [6, 6.07) is 17.6. The van der Waals surface area contributed by atoms with E-state index in [-0.39, 0.29) is 5.54 Å². The summed E-state index contributed by atoms with van der Waals surface area (Å²) in [4.78, 5) is 0. The second kappa shape index (κ2) is 6.45. The van der Waals surface area contributed by atoms with Gasteiger partial charge in [-0.25, -0.2) is 0 Å². The Morgan fingerprint density at radius 3 is 2.29 bits per heavy atom. The van der Waals surface area contributed by atoms with Crippen molar-refractivity contribution in [2.45, 2.75) is 53.2 Å². The molecule has 126 valence electrons. The molecule has 0 saturated heterocycles. The average Bonchev–Trinajstić information content (AvgIpc) is 2.78. The molecule has 0 spiro atoms. The first-order valence-electron chi connectivity index (χ1n) is 8.72. The fourth-order valence-corrected chi connectivity index (χ4v) is 3.14. The highest BCUT2D eigenvalue weighted by atomic mass is 15.0. The average molecular weight is 320 g/mol. The van der Waals surface area contributed by atoms with Gasteiger partial charge in [0.25, 0.3) is 0 Å². The largest absolute Gasteiger partial charge is 0.340 e. The summed E-state index contributed by atoms with van der Waals surface area (Å²) >= 11 is 0. The Morgan fingerprint density at radius 1 is 0.917 bits per heavy atom. The van der Waals surface area contributed by atoms with Crippen molar-refractivity contribution < 1.29 is 0 Å².